The molecule has 2 aliphatic heterocycles. The molecule has 1 amide bonds. The molecule has 0 aliphatic carbocycles. The first-order chi connectivity index (χ1) is 15.8. The number of rotatable bonds is 5. The number of amides is 1. The van der Waals surface area contributed by atoms with Crippen molar-refractivity contribution in [3.05, 3.63) is 32.5 Å². The van der Waals surface area contributed by atoms with Gasteiger partial charge in [-0.2, -0.15) is 4.98 Å². The highest BCUT2D eigenvalue weighted by molar-refractivity contribution is 5.78. The molecule has 4 heterocycles. The molecule has 1 atom stereocenters. The van der Waals surface area contributed by atoms with Crippen molar-refractivity contribution < 1.29 is 9.53 Å². The van der Waals surface area contributed by atoms with Crippen LogP contribution in [0.2, 0.25) is 0 Å². The second kappa shape index (κ2) is 9.52. The zero-order chi connectivity index (χ0) is 23.7. The molecule has 0 saturated carbocycles. The second-order valence-electron chi connectivity index (χ2n) is 9.05. The van der Waals surface area contributed by atoms with E-state index in [2.05, 4.69) is 4.90 Å². The van der Waals surface area contributed by atoms with Crippen molar-refractivity contribution in [2.24, 2.45) is 12.8 Å². The topological polar surface area (TPSA) is 121 Å². The van der Waals surface area contributed by atoms with Gasteiger partial charge in [-0.05, 0) is 26.7 Å². The molecule has 180 valence electrons. The van der Waals surface area contributed by atoms with Crippen molar-refractivity contribution in [1.29, 1.82) is 0 Å². The van der Waals surface area contributed by atoms with Gasteiger partial charge in [-0.25, -0.2) is 9.36 Å². The lowest BCUT2D eigenvalue weighted by Crippen LogP contribution is -2.47. The average molecular weight is 460 g/mol. The van der Waals surface area contributed by atoms with Gasteiger partial charge in [0.15, 0.2) is 11.2 Å². The summed E-state index contributed by atoms with van der Waals surface area (Å²) < 4.78 is 9.52. The fourth-order valence-corrected chi connectivity index (χ4v) is 4.43. The summed E-state index contributed by atoms with van der Waals surface area (Å²) in [4.78, 5) is 47.9. The maximum Gasteiger partial charge on any atom is 0.332 e. The summed E-state index contributed by atoms with van der Waals surface area (Å²) in [6.45, 7) is 7.34. The highest BCUT2D eigenvalue weighted by atomic mass is 16.5. The number of ether oxygens (including phenoxy) is 1. The summed E-state index contributed by atoms with van der Waals surface area (Å²) in [6.07, 6.45) is 3.89. The van der Waals surface area contributed by atoms with Gasteiger partial charge in [0, 0.05) is 45.8 Å². The van der Waals surface area contributed by atoms with E-state index in [1.165, 1.54) is 4.57 Å². The van der Waals surface area contributed by atoms with E-state index in [1.807, 2.05) is 24.5 Å². The number of anilines is 1. The summed E-state index contributed by atoms with van der Waals surface area (Å²) >= 11 is 0. The first kappa shape index (κ1) is 23.2. The van der Waals surface area contributed by atoms with Crippen molar-refractivity contribution in [3.63, 3.8) is 0 Å². The van der Waals surface area contributed by atoms with Crippen LogP contribution in [0.4, 0.5) is 5.95 Å². The largest absolute Gasteiger partial charge is 0.378 e. The maximum absolute atomic E-state index is 13.6. The average Bonchev–Trinajstić information content (AvgIpc) is 3.19. The Morgan fingerprint density at radius 2 is 1.91 bits per heavy atom. The molecule has 2 aromatic heterocycles. The molecule has 4 rings (SSSR count). The Kier molecular flexibility index (Phi) is 6.71. The quantitative estimate of drug-likeness (QED) is 0.607. The number of aromatic nitrogens is 4. The third kappa shape index (κ3) is 4.60. The molecule has 2 aliphatic rings. The molecule has 0 bridgehead atoms. The van der Waals surface area contributed by atoms with Crippen molar-refractivity contribution in [1.82, 2.24) is 23.6 Å². The number of carbonyl (C=O) groups is 1. The standard InChI is InChI=1S/C22H33N7O4/c1-15(2)6-8-28-18-19(24-21(28)27-7-4-5-16(23)13-27)25(3)22(32)29(20(18)31)14-17(30)26-9-11-33-12-10-26/h6,16H,4-5,7-14,23H2,1-3H3. The maximum atomic E-state index is 13.6. The summed E-state index contributed by atoms with van der Waals surface area (Å²) in [5, 5.41) is 0. The number of aryl methyl sites for hydroxylation is 1. The molecule has 0 aromatic carbocycles. The number of morpholine rings is 1. The molecule has 11 nitrogen and oxygen atoms in total. The molecule has 0 spiro atoms. The summed E-state index contributed by atoms with van der Waals surface area (Å²) in [5.74, 6) is 0.358. The van der Waals surface area contributed by atoms with Crippen LogP contribution in [-0.4, -0.2) is 74.9 Å². The van der Waals surface area contributed by atoms with Crippen molar-refractivity contribution in [2.45, 2.75) is 45.8 Å². The van der Waals surface area contributed by atoms with Gasteiger partial charge in [0.2, 0.25) is 11.9 Å². The first-order valence-corrected chi connectivity index (χ1v) is 11.5. The summed E-state index contributed by atoms with van der Waals surface area (Å²) in [7, 11) is 1.59. The highest BCUT2D eigenvalue weighted by Gasteiger charge is 2.27. The lowest BCUT2D eigenvalue weighted by Gasteiger charge is -2.31. The van der Waals surface area contributed by atoms with Gasteiger partial charge < -0.3 is 24.8 Å². The molecular formula is C22H33N7O4. The third-order valence-electron chi connectivity index (χ3n) is 6.29. The number of hydrogen-bond acceptors (Lipinski definition) is 7. The van der Waals surface area contributed by atoms with Gasteiger partial charge in [0.1, 0.15) is 6.54 Å². The van der Waals surface area contributed by atoms with Crippen molar-refractivity contribution in [3.8, 4) is 0 Å². The summed E-state index contributed by atoms with van der Waals surface area (Å²) in [5.41, 5.74) is 6.88. The fraction of sp³-hybridized carbons (Fsp3) is 0.636. The number of imidazole rings is 1. The van der Waals surface area contributed by atoms with E-state index < -0.39 is 11.2 Å². The van der Waals surface area contributed by atoms with Crippen molar-refractivity contribution in [2.75, 3.05) is 44.3 Å². The Hall–Kier alpha value is -2.92. The number of nitrogens with two attached hydrogens (primary N) is 1. The van der Waals surface area contributed by atoms with E-state index in [0.29, 0.717) is 56.5 Å². The zero-order valence-electron chi connectivity index (χ0n) is 19.6. The Labute approximate surface area is 192 Å². The molecule has 2 aromatic rings. The number of allylic oxidation sites excluding steroid dienone is 2. The van der Waals surface area contributed by atoms with Crippen LogP contribution in [0.5, 0.6) is 0 Å². The molecular weight excluding hydrogens is 426 g/mol. The van der Waals surface area contributed by atoms with Crippen molar-refractivity contribution >= 4 is 23.0 Å². The number of carbonyl (C=O) groups excluding carboxylic acids is 1. The molecule has 1 unspecified atom stereocenters. The minimum absolute atomic E-state index is 0.0297. The normalized spacial score (nSPS) is 19.2. The number of nitrogens with zero attached hydrogens (tertiary/aromatic N) is 6. The minimum Gasteiger partial charge on any atom is -0.378 e. The lowest BCUT2D eigenvalue weighted by atomic mass is 10.1. The molecule has 2 N–H and O–H groups in total. The highest BCUT2D eigenvalue weighted by Crippen LogP contribution is 2.23. The molecule has 11 heteroatoms. The van der Waals surface area contributed by atoms with Gasteiger partial charge in [-0.15, -0.1) is 0 Å². The Balaban J connectivity index is 1.83. The third-order valence-corrected chi connectivity index (χ3v) is 6.29. The monoisotopic (exact) mass is 459 g/mol. The van der Waals surface area contributed by atoms with Crippen LogP contribution in [0.25, 0.3) is 11.2 Å². The summed E-state index contributed by atoms with van der Waals surface area (Å²) in [6, 6.07) is 0.0297. The van der Waals surface area contributed by atoms with Crippen LogP contribution in [0.1, 0.15) is 26.7 Å². The van der Waals surface area contributed by atoms with E-state index in [-0.39, 0.29) is 18.5 Å². The predicted octanol–water partition coefficient (Wildman–Crippen LogP) is -0.351. The fourth-order valence-electron chi connectivity index (χ4n) is 4.43. The SMILES string of the molecule is CC(C)=CCn1c(N2CCCC(N)C2)nc2c1c(=O)n(CC(=O)N1CCOCC1)c(=O)n2C. The molecule has 0 radical (unpaired) electrons. The number of fused-ring (bicyclic) bond motifs is 1. The van der Waals surface area contributed by atoms with Gasteiger partial charge in [0.25, 0.3) is 5.56 Å². The number of piperidine rings is 1. The van der Waals surface area contributed by atoms with E-state index in [4.69, 9.17) is 15.5 Å². The molecule has 2 fully saturated rings. The van der Waals surface area contributed by atoms with Crippen LogP contribution in [0.3, 0.4) is 0 Å². The zero-order valence-corrected chi connectivity index (χ0v) is 19.6. The Bertz CT molecular complexity index is 1180. The molecule has 2 saturated heterocycles. The van der Waals surface area contributed by atoms with Crippen LogP contribution in [0.15, 0.2) is 21.2 Å². The van der Waals surface area contributed by atoms with Gasteiger partial charge in [-0.3, -0.25) is 14.2 Å². The minimum atomic E-state index is -0.553. The second-order valence-corrected chi connectivity index (χ2v) is 9.05. The van der Waals surface area contributed by atoms with Crippen LogP contribution >= 0.6 is 0 Å². The molecule has 33 heavy (non-hydrogen) atoms. The Morgan fingerprint density at radius 1 is 1.18 bits per heavy atom. The van der Waals surface area contributed by atoms with Crippen LogP contribution in [-0.2, 0) is 29.7 Å². The van der Waals surface area contributed by atoms with Gasteiger partial charge in [-0.1, -0.05) is 11.6 Å². The van der Waals surface area contributed by atoms with E-state index >= 15 is 0 Å². The first-order valence-electron chi connectivity index (χ1n) is 11.5. The predicted molar refractivity (Wildman–Crippen MR) is 125 cm³/mol. The van der Waals surface area contributed by atoms with Gasteiger partial charge >= 0.3 is 5.69 Å². The smallest absolute Gasteiger partial charge is 0.332 e. The van der Waals surface area contributed by atoms with E-state index in [1.54, 1.807) is 11.9 Å². The Morgan fingerprint density at radius 3 is 2.58 bits per heavy atom. The van der Waals surface area contributed by atoms with E-state index in [0.717, 1.165) is 29.5 Å². The van der Waals surface area contributed by atoms with Crippen LogP contribution < -0.4 is 21.9 Å². The lowest BCUT2D eigenvalue weighted by molar-refractivity contribution is -0.136. The van der Waals surface area contributed by atoms with Gasteiger partial charge in [0.05, 0.1) is 13.2 Å². The number of hydrogen-bond donors (Lipinski definition) is 1. The van der Waals surface area contributed by atoms with Crippen LogP contribution in [0, 0.1) is 0 Å². The van der Waals surface area contributed by atoms with E-state index in [9.17, 15) is 14.4 Å².